The monoisotopic (exact) mass is 390 g/mol. The number of thiazole rings is 1. The third-order valence-electron chi connectivity index (χ3n) is 4.42. The number of hydrogen-bond acceptors (Lipinski definition) is 6. The number of ether oxygens (including phenoxy) is 2. The summed E-state index contributed by atoms with van der Waals surface area (Å²) in [5.74, 6) is -0.0743. The molecule has 2 aromatic rings. The summed E-state index contributed by atoms with van der Waals surface area (Å²) in [5.41, 5.74) is 0.514. The Balaban J connectivity index is 1.56. The highest BCUT2D eigenvalue weighted by Crippen LogP contribution is 2.32. The molecule has 2 N–H and O–H groups in total. The number of aromatic nitrogens is 1. The topological polar surface area (TPSA) is 97.8 Å². The summed E-state index contributed by atoms with van der Waals surface area (Å²) in [6, 6.07) is 5.16. The Morgan fingerprint density at radius 1 is 1.30 bits per heavy atom. The predicted molar refractivity (Wildman–Crippen MR) is 101 cm³/mol. The molecule has 1 aliphatic carbocycles. The minimum absolute atomic E-state index is 0.0314. The molecule has 3 rings (SSSR count). The first-order chi connectivity index (χ1) is 13.1. The highest BCUT2D eigenvalue weighted by Gasteiger charge is 2.19. The number of methoxy groups -OCH3 is 1. The van der Waals surface area contributed by atoms with Crippen LogP contribution in [0.4, 0.5) is 0 Å². The maximum atomic E-state index is 12.4. The number of rotatable bonds is 8. The maximum absolute atomic E-state index is 12.4. The van der Waals surface area contributed by atoms with Crippen LogP contribution in [0.25, 0.3) is 0 Å². The third-order valence-corrected chi connectivity index (χ3v) is 5.33. The average molecular weight is 390 g/mol. The Hall–Kier alpha value is -2.61. The molecule has 0 unspecified atom stereocenters. The van der Waals surface area contributed by atoms with E-state index in [1.165, 1.54) is 29.6 Å². The van der Waals surface area contributed by atoms with Crippen molar-refractivity contribution in [2.24, 2.45) is 0 Å². The van der Waals surface area contributed by atoms with Crippen molar-refractivity contribution in [2.45, 2.75) is 38.2 Å². The molecule has 1 amide bonds. The number of benzene rings is 1. The number of nitrogens with zero attached hydrogens (tertiary/aromatic N) is 1. The average Bonchev–Trinajstić information content (AvgIpc) is 3.34. The minimum atomic E-state index is -1.05. The van der Waals surface area contributed by atoms with E-state index in [-0.39, 0.29) is 17.7 Å². The van der Waals surface area contributed by atoms with Gasteiger partial charge in [0.1, 0.15) is 0 Å². The molecular formula is C19H22N2O5S. The van der Waals surface area contributed by atoms with Gasteiger partial charge in [-0.3, -0.25) is 4.79 Å². The second-order valence-electron chi connectivity index (χ2n) is 6.33. The van der Waals surface area contributed by atoms with Crippen LogP contribution in [0.2, 0.25) is 0 Å². The Kier molecular flexibility index (Phi) is 6.28. The van der Waals surface area contributed by atoms with Crippen LogP contribution in [0.3, 0.4) is 0 Å². The Labute approximate surface area is 161 Å². The van der Waals surface area contributed by atoms with Crippen LogP contribution in [-0.4, -0.2) is 41.7 Å². The highest BCUT2D eigenvalue weighted by molar-refractivity contribution is 7.09. The van der Waals surface area contributed by atoms with Crippen molar-refractivity contribution in [1.29, 1.82) is 0 Å². The van der Waals surface area contributed by atoms with Crippen LogP contribution in [0.1, 0.15) is 51.5 Å². The zero-order valence-corrected chi connectivity index (χ0v) is 15.9. The number of nitrogens with one attached hydrogen (secondary N) is 1. The fourth-order valence-corrected chi connectivity index (χ4v) is 3.77. The fraction of sp³-hybridized carbons (Fsp3) is 0.421. The standard InChI is InChI=1S/C19H22N2O5S/c1-25-16-10-12(6-7-15(16)26-13-4-2-3-5-13)18(22)20-9-8-17-21-14(11-27-17)19(23)24/h6-7,10-11,13H,2-5,8-9H2,1H3,(H,20,22)(H,23,24). The number of amides is 1. The summed E-state index contributed by atoms with van der Waals surface area (Å²) in [7, 11) is 1.56. The molecule has 1 aliphatic rings. The van der Waals surface area contributed by atoms with E-state index < -0.39 is 5.97 Å². The number of aromatic carboxylic acids is 1. The summed E-state index contributed by atoms with van der Waals surface area (Å²) in [5, 5.41) is 13.9. The summed E-state index contributed by atoms with van der Waals surface area (Å²) in [6.07, 6.45) is 5.15. The molecule has 7 nitrogen and oxygen atoms in total. The van der Waals surface area contributed by atoms with Gasteiger partial charge in [0.05, 0.1) is 18.2 Å². The van der Waals surface area contributed by atoms with E-state index in [1.54, 1.807) is 25.3 Å². The lowest BCUT2D eigenvalue weighted by molar-refractivity contribution is 0.0690. The molecule has 0 saturated heterocycles. The largest absolute Gasteiger partial charge is 0.493 e. The molecule has 1 heterocycles. The van der Waals surface area contributed by atoms with Gasteiger partial charge in [-0.25, -0.2) is 9.78 Å². The van der Waals surface area contributed by atoms with Crippen molar-refractivity contribution < 1.29 is 24.2 Å². The van der Waals surface area contributed by atoms with Gasteiger partial charge in [0.25, 0.3) is 5.91 Å². The summed E-state index contributed by atoms with van der Waals surface area (Å²) in [6.45, 7) is 0.369. The first-order valence-electron chi connectivity index (χ1n) is 8.87. The van der Waals surface area contributed by atoms with Gasteiger partial charge in [0, 0.05) is 23.9 Å². The first-order valence-corrected chi connectivity index (χ1v) is 9.75. The third kappa shape index (κ3) is 4.97. The predicted octanol–water partition coefficient (Wildman–Crippen LogP) is 3.14. The van der Waals surface area contributed by atoms with Crippen molar-refractivity contribution in [3.8, 4) is 11.5 Å². The molecule has 1 aromatic carbocycles. The van der Waals surface area contributed by atoms with Gasteiger partial charge in [-0.2, -0.15) is 0 Å². The molecule has 0 bridgehead atoms. The lowest BCUT2D eigenvalue weighted by Gasteiger charge is -2.16. The van der Waals surface area contributed by atoms with Crippen LogP contribution in [0.5, 0.6) is 11.5 Å². The molecule has 0 aliphatic heterocycles. The normalized spacial score (nSPS) is 14.1. The van der Waals surface area contributed by atoms with E-state index in [4.69, 9.17) is 14.6 Å². The SMILES string of the molecule is COc1cc(C(=O)NCCc2nc(C(=O)O)cs2)ccc1OC1CCCC1. The van der Waals surface area contributed by atoms with Crippen molar-refractivity contribution in [3.63, 3.8) is 0 Å². The molecule has 1 fully saturated rings. The molecule has 1 saturated carbocycles. The molecule has 8 heteroatoms. The first kappa shape index (κ1) is 19.2. The van der Waals surface area contributed by atoms with Crippen LogP contribution in [0, 0.1) is 0 Å². The Morgan fingerprint density at radius 3 is 2.74 bits per heavy atom. The lowest BCUT2D eigenvalue weighted by atomic mass is 10.2. The minimum Gasteiger partial charge on any atom is -0.493 e. The smallest absolute Gasteiger partial charge is 0.355 e. The van der Waals surface area contributed by atoms with Gasteiger partial charge >= 0.3 is 5.97 Å². The Bertz CT molecular complexity index is 814. The number of carbonyl (C=O) groups excluding carboxylic acids is 1. The second-order valence-corrected chi connectivity index (χ2v) is 7.27. The van der Waals surface area contributed by atoms with Crippen molar-refractivity contribution in [3.05, 3.63) is 39.8 Å². The van der Waals surface area contributed by atoms with Gasteiger partial charge < -0.3 is 19.9 Å². The molecule has 27 heavy (non-hydrogen) atoms. The van der Waals surface area contributed by atoms with Gasteiger partial charge in [-0.1, -0.05) is 0 Å². The zero-order valence-electron chi connectivity index (χ0n) is 15.1. The van der Waals surface area contributed by atoms with E-state index >= 15 is 0 Å². The van der Waals surface area contributed by atoms with Crippen LogP contribution in [-0.2, 0) is 6.42 Å². The zero-order chi connectivity index (χ0) is 19.2. The molecular weight excluding hydrogens is 368 g/mol. The summed E-state index contributed by atoms with van der Waals surface area (Å²) < 4.78 is 11.4. The number of carboxylic acids is 1. The van der Waals surface area contributed by atoms with Crippen LogP contribution < -0.4 is 14.8 Å². The molecule has 0 radical (unpaired) electrons. The van der Waals surface area contributed by atoms with E-state index in [0.717, 1.165) is 12.8 Å². The second kappa shape index (κ2) is 8.85. The van der Waals surface area contributed by atoms with Crippen LogP contribution >= 0.6 is 11.3 Å². The number of carboxylic acid groups (broad SMARTS) is 1. The van der Waals surface area contributed by atoms with E-state index in [2.05, 4.69) is 10.3 Å². The van der Waals surface area contributed by atoms with E-state index in [0.29, 0.717) is 35.0 Å². The highest BCUT2D eigenvalue weighted by atomic mass is 32.1. The van der Waals surface area contributed by atoms with Gasteiger partial charge in [0.2, 0.25) is 0 Å². The maximum Gasteiger partial charge on any atom is 0.355 e. The van der Waals surface area contributed by atoms with Crippen molar-refractivity contribution >= 4 is 23.2 Å². The fourth-order valence-electron chi connectivity index (χ4n) is 3.00. The van der Waals surface area contributed by atoms with Gasteiger partial charge in [-0.05, 0) is 43.9 Å². The van der Waals surface area contributed by atoms with Crippen LogP contribution in [0.15, 0.2) is 23.6 Å². The molecule has 144 valence electrons. The van der Waals surface area contributed by atoms with Gasteiger partial charge in [0.15, 0.2) is 17.2 Å². The lowest BCUT2D eigenvalue weighted by Crippen LogP contribution is -2.25. The van der Waals surface area contributed by atoms with E-state index in [9.17, 15) is 9.59 Å². The quantitative estimate of drug-likeness (QED) is 0.719. The molecule has 1 aromatic heterocycles. The summed E-state index contributed by atoms with van der Waals surface area (Å²) in [4.78, 5) is 27.2. The van der Waals surface area contributed by atoms with E-state index in [1.807, 2.05) is 0 Å². The molecule has 0 atom stereocenters. The number of carbonyl (C=O) groups is 2. The number of hydrogen-bond donors (Lipinski definition) is 2. The van der Waals surface area contributed by atoms with Crippen molar-refractivity contribution in [2.75, 3.05) is 13.7 Å². The molecule has 0 spiro atoms. The Morgan fingerprint density at radius 2 is 2.07 bits per heavy atom. The summed E-state index contributed by atoms with van der Waals surface area (Å²) >= 11 is 1.27. The van der Waals surface area contributed by atoms with Gasteiger partial charge in [-0.15, -0.1) is 11.3 Å². The van der Waals surface area contributed by atoms with Crippen molar-refractivity contribution in [1.82, 2.24) is 10.3 Å².